The van der Waals surface area contributed by atoms with Crippen molar-refractivity contribution in [3.05, 3.63) is 54.6 Å². The number of hydrogen-bond acceptors (Lipinski definition) is 6. The number of carbonyl (C=O) groups is 3. The molecule has 0 heterocycles. The quantitative estimate of drug-likeness (QED) is 0.290. The summed E-state index contributed by atoms with van der Waals surface area (Å²) in [6.07, 6.45) is 1.94. The molecule has 0 atom stereocenters. The summed E-state index contributed by atoms with van der Waals surface area (Å²) in [5, 5.41) is 4.01. The van der Waals surface area contributed by atoms with Gasteiger partial charge in [-0.25, -0.2) is 4.79 Å². The first-order chi connectivity index (χ1) is 13.5. The van der Waals surface area contributed by atoms with Crippen molar-refractivity contribution in [3.8, 4) is 5.75 Å². The van der Waals surface area contributed by atoms with E-state index < -0.39 is 17.8 Å². The fourth-order valence-corrected chi connectivity index (χ4v) is 2.30. The molecular weight excluding hydrogens is 382 g/mol. The zero-order chi connectivity index (χ0) is 20.4. The lowest BCUT2D eigenvalue weighted by Crippen LogP contribution is -2.49. The molecule has 2 aromatic rings. The zero-order valence-corrected chi connectivity index (χ0v) is 15.9. The van der Waals surface area contributed by atoms with Crippen LogP contribution in [0.5, 0.6) is 5.75 Å². The van der Waals surface area contributed by atoms with Gasteiger partial charge in [-0.1, -0.05) is 36.4 Å². The van der Waals surface area contributed by atoms with Crippen LogP contribution in [0.25, 0.3) is 10.8 Å². The summed E-state index contributed by atoms with van der Waals surface area (Å²) in [6, 6.07) is 13.2. The third-order valence-corrected chi connectivity index (χ3v) is 3.52. The molecule has 0 aromatic heterocycles. The van der Waals surface area contributed by atoms with Crippen molar-refractivity contribution in [1.82, 2.24) is 16.2 Å². The Bertz CT molecular complexity index is 908. The van der Waals surface area contributed by atoms with Gasteiger partial charge in [-0.05, 0) is 30.6 Å². The number of rotatable bonds is 6. The number of esters is 1. The molecule has 0 spiro atoms. The van der Waals surface area contributed by atoms with Crippen LogP contribution in [-0.4, -0.2) is 36.1 Å². The minimum Gasteiger partial charge on any atom is -0.483 e. The largest absolute Gasteiger partial charge is 0.483 e. The Morgan fingerprint density at radius 2 is 1.79 bits per heavy atom. The van der Waals surface area contributed by atoms with Crippen LogP contribution in [-0.2, 0) is 19.1 Å². The summed E-state index contributed by atoms with van der Waals surface area (Å²) >= 11 is 4.87. The summed E-state index contributed by atoms with van der Waals surface area (Å²) in [7, 11) is 0. The minimum absolute atomic E-state index is 0.142. The van der Waals surface area contributed by atoms with Crippen molar-refractivity contribution in [2.24, 2.45) is 0 Å². The predicted molar refractivity (Wildman–Crippen MR) is 107 cm³/mol. The van der Waals surface area contributed by atoms with E-state index in [-0.39, 0.29) is 18.3 Å². The van der Waals surface area contributed by atoms with Crippen LogP contribution < -0.4 is 20.9 Å². The highest BCUT2D eigenvalue weighted by atomic mass is 32.1. The third-order valence-electron chi connectivity index (χ3n) is 3.32. The molecule has 146 valence electrons. The predicted octanol–water partition coefficient (Wildman–Crippen LogP) is 1.36. The summed E-state index contributed by atoms with van der Waals surface area (Å²) in [5.41, 5.74) is 4.68. The number of hydrazine groups is 1. The van der Waals surface area contributed by atoms with E-state index in [1.807, 2.05) is 36.4 Å². The smallest absolute Gasteiger partial charge is 0.330 e. The Morgan fingerprint density at radius 1 is 1.04 bits per heavy atom. The maximum absolute atomic E-state index is 11.9. The van der Waals surface area contributed by atoms with Gasteiger partial charge in [0.15, 0.2) is 11.7 Å². The molecule has 0 aliphatic heterocycles. The number of hydrogen-bond donors (Lipinski definition) is 3. The Balaban J connectivity index is 1.75. The number of amides is 2. The van der Waals surface area contributed by atoms with E-state index in [2.05, 4.69) is 20.9 Å². The van der Waals surface area contributed by atoms with E-state index >= 15 is 0 Å². The molecule has 0 saturated carbocycles. The monoisotopic (exact) mass is 401 g/mol. The van der Waals surface area contributed by atoms with Crippen LogP contribution in [0.4, 0.5) is 0 Å². The highest BCUT2D eigenvalue weighted by molar-refractivity contribution is 7.80. The van der Waals surface area contributed by atoms with Crippen molar-refractivity contribution in [1.29, 1.82) is 0 Å². The molecule has 0 aliphatic carbocycles. The van der Waals surface area contributed by atoms with Gasteiger partial charge in [0.25, 0.3) is 5.91 Å². The SMILES string of the molecule is CCOC(=O)/C=C/C(=O)NC(=S)NNC(=O)COc1cccc2ccccc12. The van der Waals surface area contributed by atoms with E-state index in [9.17, 15) is 14.4 Å². The lowest BCUT2D eigenvalue weighted by Gasteiger charge is -2.11. The molecule has 3 N–H and O–H groups in total. The Hall–Kier alpha value is -3.46. The van der Waals surface area contributed by atoms with Gasteiger partial charge in [-0.2, -0.15) is 0 Å². The summed E-state index contributed by atoms with van der Waals surface area (Å²) in [4.78, 5) is 34.6. The number of carbonyl (C=O) groups excluding carboxylic acids is 3. The molecule has 0 aliphatic rings. The van der Waals surface area contributed by atoms with Gasteiger partial charge in [0.05, 0.1) is 6.61 Å². The molecule has 9 heteroatoms. The molecule has 2 aromatic carbocycles. The van der Waals surface area contributed by atoms with E-state index in [1.54, 1.807) is 13.0 Å². The number of benzene rings is 2. The maximum atomic E-state index is 11.9. The van der Waals surface area contributed by atoms with Crippen LogP contribution in [0.15, 0.2) is 54.6 Å². The summed E-state index contributed by atoms with van der Waals surface area (Å²) in [5.74, 6) is -1.21. The Morgan fingerprint density at radius 3 is 2.57 bits per heavy atom. The van der Waals surface area contributed by atoms with Crippen molar-refractivity contribution in [2.45, 2.75) is 6.92 Å². The fraction of sp³-hybridized carbons (Fsp3) is 0.158. The van der Waals surface area contributed by atoms with Crippen molar-refractivity contribution in [2.75, 3.05) is 13.2 Å². The van der Waals surface area contributed by atoms with Gasteiger partial charge in [-0.15, -0.1) is 0 Å². The first-order valence-electron chi connectivity index (χ1n) is 8.34. The van der Waals surface area contributed by atoms with Crippen LogP contribution >= 0.6 is 12.2 Å². The lowest BCUT2D eigenvalue weighted by atomic mass is 10.1. The molecule has 2 amide bonds. The molecule has 0 saturated heterocycles. The Kier molecular flexibility index (Phi) is 7.92. The second-order valence-corrected chi connectivity index (χ2v) is 5.75. The van der Waals surface area contributed by atoms with Crippen LogP contribution in [0.3, 0.4) is 0 Å². The van der Waals surface area contributed by atoms with Crippen LogP contribution in [0, 0.1) is 0 Å². The van der Waals surface area contributed by atoms with E-state index in [1.165, 1.54) is 0 Å². The van der Waals surface area contributed by atoms with Crippen molar-refractivity contribution < 1.29 is 23.9 Å². The van der Waals surface area contributed by atoms with Gasteiger partial charge < -0.3 is 9.47 Å². The highest BCUT2D eigenvalue weighted by Gasteiger charge is 2.07. The van der Waals surface area contributed by atoms with E-state index in [0.29, 0.717) is 5.75 Å². The third kappa shape index (κ3) is 6.69. The average molecular weight is 401 g/mol. The van der Waals surface area contributed by atoms with Crippen LogP contribution in [0.2, 0.25) is 0 Å². The van der Waals surface area contributed by atoms with E-state index in [4.69, 9.17) is 17.0 Å². The van der Waals surface area contributed by atoms with E-state index in [0.717, 1.165) is 22.9 Å². The van der Waals surface area contributed by atoms with Crippen molar-refractivity contribution in [3.63, 3.8) is 0 Å². The number of fused-ring (bicyclic) bond motifs is 1. The molecular formula is C19H19N3O5S. The fourth-order valence-electron chi connectivity index (χ4n) is 2.15. The maximum Gasteiger partial charge on any atom is 0.330 e. The van der Waals surface area contributed by atoms with Gasteiger partial charge in [0, 0.05) is 17.5 Å². The van der Waals surface area contributed by atoms with Gasteiger partial charge in [-0.3, -0.25) is 25.8 Å². The number of thiocarbonyl (C=S) groups is 1. The topological polar surface area (TPSA) is 106 Å². The molecule has 0 unspecified atom stereocenters. The second kappa shape index (κ2) is 10.6. The first-order valence-corrected chi connectivity index (χ1v) is 8.75. The summed E-state index contributed by atoms with van der Waals surface area (Å²) in [6.45, 7) is 1.61. The lowest BCUT2D eigenvalue weighted by molar-refractivity contribution is -0.137. The van der Waals surface area contributed by atoms with Crippen LogP contribution in [0.1, 0.15) is 6.92 Å². The second-order valence-electron chi connectivity index (χ2n) is 5.34. The number of ether oxygens (including phenoxy) is 2. The average Bonchev–Trinajstić information content (AvgIpc) is 2.69. The molecule has 28 heavy (non-hydrogen) atoms. The normalized spacial score (nSPS) is 10.3. The first kappa shape index (κ1) is 20.8. The standard InChI is InChI=1S/C19H19N3O5S/c1-2-26-18(25)11-10-16(23)20-19(28)22-21-17(24)12-27-15-9-5-7-13-6-3-4-8-14(13)15/h3-11H,2,12H2,1H3,(H,21,24)(H2,20,22,23,28)/b11-10+. The van der Waals surface area contributed by atoms with Gasteiger partial charge in [0.1, 0.15) is 5.75 Å². The Labute approximate surface area is 166 Å². The minimum atomic E-state index is -0.646. The molecule has 8 nitrogen and oxygen atoms in total. The zero-order valence-electron chi connectivity index (χ0n) is 15.1. The van der Waals surface area contributed by atoms with Crippen molar-refractivity contribution >= 4 is 45.9 Å². The van der Waals surface area contributed by atoms with Gasteiger partial charge >= 0.3 is 5.97 Å². The van der Waals surface area contributed by atoms with Gasteiger partial charge in [0.2, 0.25) is 5.91 Å². The molecule has 2 rings (SSSR count). The highest BCUT2D eigenvalue weighted by Crippen LogP contribution is 2.24. The molecule has 0 fully saturated rings. The number of nitrogens with one attached hydrogen (secondary N) is 3. The summed E-state index contributed by atoms with van der Waals surface area (Å²) < 4.78 is 10.2. The molecule has 0 radical (unpaired) electrons. The molecule has 0 bridgehead atoms.